The van der Waals surface area contributed by atoms with E-state index < -0.39 is 0 Å². The molecule has 2 aliphatic heterocycles. The van der Waals surface area contributed by atoms with Gasteiger partial charge in [0, 0.05) is 24.3 Å². The first-order valence-corrected chi connectivity index (χ1v) is 10.4. The lowest BCUT2D eigenvalue weighted by Gasteiger charge is -2.46. The van der Waals surface area contributed by atoms with E-state index in [2.05, 4.69) is 40.8 Å². The van der Waals surface area contributed by atoms with Gasteiger partial charge in [-0.05, 0) is 50.8 Å². The van der Waals surface area contributed by atoms with Gasteiger partial charge >= 0.3 is 0 Å². The third-order valence-corrected chi connectivity index (χ3v) is 6.14. The highest BCUT2D eigenvalue weighted by Crippen LogP contribution is 2.34. The maximum atomic E-state index is 12.9. The minimum atomic E-state index is -0.135. The van der Waals surface area contributed by atoms with E-state index in [1.165, 1.54) is 11.9 Å². The summed E-state index contributed by atoms with van der Waals surface area (Å²) in [4.78, 5) is 28.2. The summed E-state index contributed by atoms with van der Waals surface area (Å²) >= 11 is 0. The van der Waals surface area contributed by atoms with Gasteiger partial charge in [0.15, 0.2) is 0 Å². The fourth-order valence-electron chi connectivity index (χ4n) is 4.32. The highest BCUT2D eigenvalue weighted by atomic mass is 16.5. The van der Waals surface area contributed by atoms with Gasteiger partial charge in [0.2, 0.25) is 5.95 Å². The maximum Gasteiger partial charge on any atom is 0.255 e. The summed E-state index contributed by atoms with van der Waals surface area (Å²) in [5.41, 5.74) is 2.30. The first kappa shape index (κ1) is 18.8. The van der Waals surface area contributed by atoms with Gasteiger partial charge in [-0.25, -0.2) is 15.0 Å². The molecule has 4 heterocycles. The Morgan fingerprint density at radius 1 is 1.20 bits per heavy atom. The van der Waals surface area contributed by atoms with E-state index in [1.807, 2.05) is 12.1 Å². The van der Waals surface area contributed by atoms with Crippen LogP contribution in [-0.2, 0) is 13.0 Å². The largest absolute Gasteiger partial charge is 0.488 e. The van der Waals surface area contributed by atoms with Crippen molar-refractivity contribution in [2.24, 2.45) is 0 Å². The molecule has 0 spiro atoms. The lowest BCUT2D eigenvalue weighted by Crippen LogP contribution is -2.55. The quantitative estimate of drug-likeness (QED) is 0.669. The first-order valence-electron chi connectivity index (χ1n) is 10.4. The van der Waals surface area contributed by atoms with Crippen molar-refractivity contribution in [3.8, 4) is 17.1 Å². The van der Waals surface area contributed by atoms with Crippen LogP contribution in [0.5, 0.6) is 5.75 Å². The molecule has 1 unspecified atom stereocenters. The molecule has 7 nitrogen and oxygen atoms in total. The van der Waals surface area contributed by atoms with Crippen LogP contribution < -0.4 is 15.2 Å². The van der Waals surface area contributed by atoms with E-state index >= 15 is 0 Å². The Kier molecular flexibility index (Phi) is 4.53. The molecule has 30 heavy (non-hydrogen) atoms. The predicted octanol–water partition coefficient (Wildman–Crippen LogP) is 3.08. The maximum absolute atomic E-state index is 12.9. The molecule has 1 atom stereocenters. The summed E-state index contributed by atoms with van der Waals surface area (Å²) in [6.45, 7) is 5.75. The number of rotatable bonds is 3. The van der Waals surface area contributed by atoms with Crippen molar-refractivity contribution in [1.82, 2.24) is 19.5 Å². The molecule has 0 amide bonds. The zero-order valence-electron chi connectivity index (χ0n) is 17.3. The number of benzene rings is 1. The Hall–Kier alpha value is -3.22. The van der Waals surface area contributed by atoms with Gasteiger partial charge in [0.05, 0.1) is 17.9 Å². The van der Waals surface area contributed by atoms with E-state index in [9.17, 15) is 4.79 Å². The average molecular weight is 403 g/mol. The van der Waals surface area contributed by atoms with Crippen molar-refractivity contribution < 1.29 is 4.74 Å². The second-order valence-electron chi connectivity index (χ2n) is 8.59. The Bertz CT molecular complexity index is 1130. The lowest BCUT2D eigenvalue weighted by molar-refractivity contribution is 0.165. The molecule has 0 bridgehead atoms. The van der Waals surface area contributed by atoms with Gasteiger partial charge in [-0.3, -0.25) is 9.36 Å². The number of aromatic nitrogens is 4. The van der Waals surface area contributed by atoms with Crippen LogP contribution in [0.25, 0.3) is 11.4 Å². The molecule has 0 saturated heterocycles. The predicted molar refractivity (Wildman–Crippen MR) is 115 cm³/mol. The van der Waals surface area contributed by atoms with E-state index in [1.54, 1.807) is 22.9 Å². The first-order chi connectivity index (χ1) is 14.5. The molecule has 2 aromatic heterocycles. The normalized spacial score (nSPS) is 19.5. The minimum Gasteiger partial charge on any atom is -0.488 e. The van der Waals surface area contributed by atoms with Gasteiger partial charge < -0.3 is 9.64 Å². The Labute approximate surface area is 175 Å². The molecule has 154 valence electrons. The van der Waals surface area contributed by atoms with Gasteiger partial charge in [-0.1, -0.05) is 18.2 Å². The number of hydrogen-bond acceptors (Lipinski definition) is 6. The number of nitrogens with zero attached hydrogens (tertiary/aromatic N) is 5. The van der Waals surface area contributed by atoms with Crippen molar-refractivity contribution in [1.29, 1.82) is 0 Å². The smallest absolute Gasteiger partial charge is 0.255 e. The van der Waals surface area contributed by atoms with Crippen LogP contribution in [0.2, 0.25) is 0 Å². The molecule has 0 saturated carbocycles. The van der Waals surface area contributed by atoms with E-state index in [0.717, 1.165) is 25.0 Å². The molecule has 5 rings (SSSR count). The van der Waals surface area contributed by atoms with Crippen LogP contribution in [-0.4, -0.2) is 37.7 Å². The number of fused-ring (bicyclic) bond motifs is 2. The molecular formula is C23H25N5O2. The molecular weight excluding hydrogens is 378 g/mol. The minimum absolute atomic E-state index is 0.0466. The molecule has 0 fully saturated rings. The second-order valence-corrected chi connectivity index (χ2v) is 8.59. The molecule has 0 radical (unpaired) electrons. The van der Waals surface area contributed by atoms with Crippen LogP contribution in [0, 0.1) is 0 Å². The highest BCUT2D eigenvalue weighted by Gasteiger charge is 2.37. The monoisotopic (exact) mass is 403 g/mol. The van der Waals surface area contributed by atoms with Gasteiger partial charge in [0.25, 0.3) is 5.56 Å². The summed E-state index contributed by atoms with van der Waals surface area (Å²) in [6, 6.07) is 11.6. The lowest BCUT2D eigenvalue weighted by atomic mass is 9.94. The summed E-state index contributed by atoms with van der Waals surface area (Å²) < 4.78 is 8.08. The number of para-hydroxylation sites is 1. The van der Waals surface area contributed by atoms with E-state index in [4.69, 9.17) is 9.72 Å². The third kappa shape index (κ3) is 3.34. The van der Waals surface area contributed by atoms with Crippen LogP contribution in [0.1, 0.15) is 32.3 Å². The molecule has 7 heteroatoms. The van der Waals surface area contributed by atoms with Crippen molar-refractivity contribution in [3.05, 3.63) is 64.8 Å². The van der Waals surface area contributed by atoms with Crippen LogP contribution in [0.15, 0.2) is 53.7 Å². The number of hydrogen-bond donors (Lipinski definition) is 0. The zero-order valence-corrected chi connectivity index (χ0v) is 17.3. The number of aryl methyl sites for hydroxylation is 1. The third-order valence-electron chi connectivity index (χ3n) is 6.14. The SMILES string of the molecule is CC1(C)CCn2c(nc(-c3ccncn3)cc2=O)N1CC1CCc2ccccc2O1. The topological polar surface area (TPSA) is 73.1 Å². The fraction of sp³-hybridized carbons (Fsp3) is 0.391. The summed E-state index contributed by atoms with van der Waals surface area (Å²) in [7, 11) is 0. The average Bonchev–Trinajstić information content (AvgIpc) is 2.76. The number of anilines is 1. The Morgan fingerprint density at radius 2 is 2.07 bits per heavy atom. The summed E-state index contributed by atoms with van der Waals surface area (Å²) in [5.74, 6) is 1.65. The molecule has 3 aromatic rings. The number of ether oxygens (including phenoxy) is 1. The second kappa shape index (κ2) is 7.23. The molecule has 0 aliphatic carbocycles. The Balaban J connectivity index is 1.51. The van der Waals surface area contributed by atoms with Crippen molar-refractivity contribution in [2.75, 3.05) is 11.4 Å². The summed E-state index contributed by atoms with van der Waals surface area (Å²) in [6.07, 6.45) is 6.00. The van der Waals surface area contributed by atoms with Crippen molar-refractivity contribution in [2.45, 2.75) is 51.3 Å². The van der Waals surface area contributed by atoms with Gasteiger partial charge in [-0.15, -0.1) is 0 Å². The van der Waals surface area contributed by atoms with Gasteiger partial charge in [-0.2, -0.15) is 0 Å². The van der Waals surface area contributed by atoms with E-state index in [-0.39, 0.29) is 17.2 Å². The van der Waals surface area contributed by atoms with Crippen LogP contribution in [0.4, 0.5) is 5.95 Å². The highest BCUT2D eigenvalue weighted by molar-refractivity contribution is 5.56. The van der Waals surface area contributed by atoms with E-state index in [0.29, 0.717) is 30.4 Å². The molecule has 0 N–H and O–H groups in total. The van der Waals surface area contributed by atoms with Crippen LogP contribution in [0.3, 0.4) is 0 Å². The van der Waals surface area contributed by atoms with Crippen LogP contribution >= 0.6 is 0 Å². The Morgan fingerprint density at radius 3 is 2.90 bits per heavy atom. The zero-order chi connectivity index (χ0) is 20.7. The molecule has 2 aliphatic rings. The van der Waals surface area contributed by atoms with Gasteiger partial charge in [0.1, 0.15) is 18.2 Å². The molecule has 1 aromatic carbocycles. The fourth-order valence-corrected chi connectivity index (χ4v) is 4.32. The standard InChI is InChI=1S/C23H25N5O2/c1-23(2)10-12-27-21(29)13-19(18-9-11-24-15-25-18)26-22(27)28(23)14-17-8-7-16-5-3-4-6-20(16)30-17/h3-6,9,11,13,15,17H,7-8,10,12,14H2,1-2H3. The summed E-state index contributed by atoms with van der Waals surface area (Å²) in [5, 5.41) is 0. The van der Waals surface area contributed by atoms with Crippen molar-refractivity contribution in [3.63, 3.8) is 0 Å². The van der Waals surface area contributed by atoms with Crippen molar-refractivity contribution >= 4 is 5.95 Å².